The summed E-state index contributed by atoms with van der Waals surface area (Å²) in [5.41, 5.74) is 2.80. The number of rotatable bonds is 4. The minimum atomic E-state index is -0.148. The van der Waals surface area contributed by atoms with E-state index >= 15 is 0 Å². The van der Waals surface area contributed by atoms with Crippen LogP contribution in [0.5, 0.6) is 0 Å². The molecule has 0 aliphatic carbocycles. The molecule has 0 spiro atoms. The highest BCUT2D eigenvalue weighted by molar-refractivity contribution is 5.95. The normalized spacial score (nSPS) is 16.3. The van der Waals surface area contributed by atoms with Crippen molar-refractivity contribution >= 4 is 17.5 Å². The number of hydrogen-bond donors (Lipinski definition) is 1. The van der Waals surface area contributed by atoms with Gasteiger partial charge in [0.15, 0.2) is 0 Å². The van der Waals surface area contributed by atoms with E-state index in [0.717, 1.165) is 24.1 Å². The van der Waals surface area contributed by atoms with Crippen molar-refractivity contribution in [3.05, 3.63) is 53.9 Å². The van der Waals surface area contributed by atoms with E-state index in [-0.39, 0.29) is 17.7 Å². The topological polar surface area (TPSA) is 114 Å². The van der Waals surface area contributed by atoms with Crippen LogP contribution in [-0.4, -0.2) is 49.9 Å². The summed E-state index contributed by atoms with van der Waals surface area (Å²) in [5, 5.41) is 6.70. The summed E-state index contributed by atoms with van der Waals surface area (Å²) in [6.07, 6.45) is 4.97. The lowest BCUT2D eigenvalue weighted by Gasteiger charge is -2.33. The van der Waals surface area contributed by atoms with Gasteiger partial charge in [-0.3, -0.25) is 9.59 Å². The molecule has 4 rings (SSSR count). The molecule has 1 aromatic carbocycles. The van der Waals surface area contributed by atoms with Crippen LogP contribution >= 0.6 is 0 Å². The SMILES string of the molecule is CC(=O)Nc1ccc(C(=O)N2CCC[C@@H](c3ncncc3-c3noc(C)n3)C2)cc1. The van der Waals surface area contributed by atoms with Crippen molar-refractivity contribution in [1.29, 1.82) is 0 Å². The van der Waals surface area contributed by atoms with Crippen molar-refractivity contribution in [3.63, 3.8) is 0 Å². The van der Waals surface area contributed by atoms with E-state index in [1.54, 1.807) is 37.4 Å². The molecular formula is C21H22N6O3. The Kier molecular flexibility index (Phi) is 5.51. The van der Waals surface area contributed by atoms with E-state index in [9.17, 15) is 9.59 Å². The Balaban J connectivity index is 1.53. The zero-order valence-corrected chi connectivity index (χ0v) is 16.8. The summed E-state index contributed by atoms with van der Waals surface area (Å²) in [4.78, 5) is 38.9. The van der Waals surface area contributed by atoms with Gasteiger partial charge in [0.25, 0.3) is 5.91 Å². The zero-order valence-electron chi connectivity index (χ0n) is 16.8. The molecule has 30 heavy (non-hydrogen) atoms. The highest BCUT2D eigenvalue weighted by Crippen LogP contribution is 2.32. The Morgan fingerprint density at radius 3 is 2.73 bits per heavy atom. The Morgan fingerprint density at radius 1 is 1.23 bits per heavy atom. The number of anilines is 1. The molecule has 0 radical (unpaired) electrons. The molecule has 1 fully saturated rings. The second kappa shape index (κ2) is 8.40. The fraction of sp³-hybridized carbons (Fsp3) is 0.333. The smallest absolute Gasteiger partial charge is 0.253 e. The quantitative estimate of drug-likeness (QED) is 0.708. The molecule has 1 aliphatic rings. The van der Waals surface area contributed by atoms with Crippen molar-refractivity contribution in [2.75, 3.05) is 18.4 Å². The van der Waals surface area contributed by atoms with E-state index in [1.807, 2.05) is 4.90 Å². The monoisotopic (exact) mass is 406 g/mol. The number of aryl methyl sites for hydroxylation is 1. The van der Waals surface area contributed by atoms with Crippen LogP contribution in [0.4, 0.5) is 5.69 Å². The van der Waals surface area contributed by atoms with Crippen LogP contribution < -0.4 is 5.32 Å². The lowest BCUT2D eigenvalue weighted by Crippen LogP contribution is -2.39. The molecule has 1 saturated heterocycles. The summed E-state index contributed by atoms with van der Waals surface area (Å²) in [5.74, 6) is 0.798. The van der Waals surface area contributed by atoms with Gasteiger partial charge in [-0.1, -0.05) is 5.16 Å². The molecule has 2 amide bonds. The third-order valence-electron chi connectivity index (χ3n) is 5.06. The predicted molar refractivity (Wildman–Crippen MR) is 109 cm³/mol. The number of hydrogen-bond acceptors (Lipinski definition) is 7. The molecule has 3 aromatic rings. The van der Waals surface area contributed by atoms with Gasteiger partial charge in [-0.2, -0.15) is 4.98 Å². The van der Waals surface area contributed by atoms with Crippen molar-refractivity contribution in [3.8, 4) is 11.4 Å². The molecule has 0 unspecified atom stereocenters. The number of likely N-dealkylation sites (tertiary alicyclic amines) is 1. The van der Waals surface area contributed by atoms with Crippen LogP contribution in [0.1, 0.15) is 47.6 Å². The Labute approximate surface area is 173 Å². The van der Waals surface area contributed by atoms with Gasteiger partial charge in [0.05, 0.1) is 11.3 Å². The lowest BCUT2D eigenvalue weighted by molar-refractivity contribution is -0.114. The van der Waals surface area contributed by atoms with Crippen molar-refractivity contribution < 1.29 is 14.1 Å². The molecule has 1 aliphatic heterocycles. The van der Waals surface area contributed by atoms with E-state index in [4.69, 9.17) is 4.52 Å². The average Bonchev–Trinajstić information content (AvgIpc) is 3.20. The van der Waals surface area contributed by atoms with E-state index < -0.39 is 0 Å². The van der Waals surface area contributed by atoms with Gasteiger partial charge < -0.3 is 14.7 Å². The van der Waals surface area contributed by atoms with Gasteiger partial charge in [0, 0.05) is 50.3 Å². The van der Waals surface area contributed by atoms with Gasteiger partial charge in [0.1, 0.15) is 6.33 Å². The van der Waals surface area contributed by atoms with E-state index in [0.29, 0.717) is 36.1 Å². The molecule has 2 aromatic heterocycles. The maximum Gasteiger partial charge on any atom is 0.253 e. The fourth-order valence-corrected chi connectivity index (χ4v) is 3.71. The number of carbonyl (C=O) groups is 2. The van der Waals surface area contributed by atoms with E-state index in [2.05, 4.69) is 25.4 Å². The zero-order chi connectivity index (χ0) is 21.1. The number of benzene rings is 1. The molecule has 1 N–H and O–H groups in total. The van der Waals surface area contributed by atoms with Gasteiger partial charge >= 0.3 is 0 Å². The molecule has 9 heteroatoms. The van der Waals surface area contributed by atoms with Crippen LogP contribution in [0.2, 0.25) is 0 Å². The summed E-state index contributed by atoms with van der Waals surface area (Å²) < 4.78 is 5.10. The van der Waals surface area contributed by atoms with Crippen molar-refractivity contribution in [2.24, 2.45) is 0 Å². The fourth-order valence-electron chi connectivity index (χ4n) is 3.71. The van der Waals surface area contributed by atoms with Gasteiger partial charge in [-0.25, -0.2) is 9.97 Å². The number of nitrogens with one attached hydrogen (secondary N) is 1. The first-order valence-electron chi connectivity index (χ1n) is 9.79. The minimum absolute atomic E-state index is 0.0416. The third kappa shape index (κ3) is 4.19. The minimum Gasteiger partial charge on any atom is -0.339 e. The summed E-state index contributed by atoms with van der Waals surface area (Å²) in [6, 6.07) is 6.93. The second-order valence-electron chi connectivity index (χ2n) is 7.31. The first kappa shape index (κ1) is 19.7. The summed E-state index contributed by atoms with van der Waals surface area (Å²) in [6.45, 7) is 4.42. The summed E-state index contributed by atoms with van der Waals surface area (Å²) in [7, 11) is 0. The average molecular weight is 406 g/mol. The van der Waals surface area contributed by atoms with Crippen LogP contribution in [0, 0.1) is 6.92 Å². The van der Waals surface area contributed by atoms with Crippen LogP contribution in [0.25, 0.3) is 11.4 Å². The molecule has 0 saturated carbocycles. The van der Waals surface area contributed by atoms with Crippen LogP contribution in [0.15, 0.2) is 41.3 Å². The molecule has 0 bridgehead atoms. The number of aromatic nitrogens is 4. The molecular weight excluding hydrogens is 384 g/mol. The number of nitrogens with zero attached hydrogens (tertiary/aromatic N) is 5. The first-order valence-corrected chi connectivity index (χ1v) is 9.79. The number of amides is 2. The maximum atomic E-state index is 13.0. The molecule has 154 valence electrons. The maximum absolute atomic E-state index is 13.0. The molecule has 1 atom stereocenters. The highest BCUT2D eigenvalue weighted by atomic mass is 16.5. The van der Waals surface area contributed by atoms with Crippen molar-refractivity contribution in [2.45, 2.75) is 32.6 Å². The highest BCUT2D eigenvalue weighted by Gasteiger charge is 2.29. The predicted octanol–water partition coefficient (Wildman–Crippen LogP) is 2.81. The third-order valence-corrected chi connectivity index (χ3v) is 5.06. The second-order valence-corrected chi connectivity index (χ2v) is 7.31. The molecule has 3 heterocycles. The Morgan fingerprint density at radius 2 is 2.03 bits per heavy atom. The number of carbonyl (C=O) groups excluding carboxylic acids is 2. The van der Waals surface area contributed by atoms with Gasteiger partial charge in [-0.15, -0.1) is 0 Å². The Bertz CT molecular complexity index is 1060. The lowest BCUT2D eigenvalue weighted by atomic mass is 9.91. The molecule has 9 nitrogen and oxygen atoms in total. The van der Waals surface area contributed by atoms with Crippen molar-refractivity contribution in [1.82, 2.24) is 25.0 Å². The van der Waals surface area contributed by atoms with Gasteiger partial charge in [-0.05, 0) is 37.1 Å². The van der Waals surface area contributed by atoms with Crippen LogP contribution in [0.3, 0.4) is 0 Å². The summed E-state index contributed by atoms with van der Waals surface area (Å²) >= 11 is 0. The standard InChI is InChI=1S/C21H22N6O3/c1-13(28)24-17-7-5-15(6-8-17)21(29)27-9-3-4-16(11-27)19-18(10-22-12-23-19)20-25-14(2)30-26-20/h5-8,10,12,16H,3-4,9,11H2,1-2H3,(H,24,28)/t16-/m1/s1. The van der Waals surface area contributed by atoms with Crippen LogP contribution in [-0.2, 0) is 4.79 Å². The first-order chi connectivity index (χ1) is 14.5. The largest absolute Gasteiger partial charge is 0.339 e. The number of piperidine rings is 1. The van der Waals surface area contributed by atoms with Gasteiger partial charge in [0.2, 0.25) is 17.6 Å². The van der Waals surface area contributed by atoms with E-state index in [1.165, 1.54) is 13.3 Å². The Hall–Kier alpha value is -3.62.